The molecular formula is C17H14F5NO4S. The van der Waals surface area contributed by atoms with Crippen molar-refractivity contribution < 1.29 is 38.9 Å². The number of phenols is 1. The van der Waals surface area contributed by atoms with Crippen molar-refractivity contribution in [3.05, 3.63) is 54.1 Å². The van der Waals surface area contributed by atoms with Gasteiger partial charge in [-0.15, -0.1) is 0 Å². The largest absolute Gasteiger partial charge is 0.504 e. The maximum Gasteiger partial charge on any atom is 0.310 e. The molecule has 2 aromatic rings. The van der Waals surface area contributed by atoms with Crippen LogP contribution in [0.3, 0.4) is 0 Å². The molecule has 2 rings (SSSR count). The Morgan fingerprint density at radius 2 is 1.64 bits per heavy atom. The maximum atomic E-state index is 12.6. The van der Waals surface area contributed by atoms with Gasteiger partial charge in [-0.1, -0.05) is 25.5 Å². The van der Waals surface area contributed by atoms with Crippen LogP contribution in [0, 0.1) is 0 Å². The van der Waals surface area contributed by atoms with E-state index < -0.39 is 27.0 Å². The van der Waals surface area contributed by atoms with Crippen molar-refractivity contribution in [2.75, 3.05) is 5.32 Å². The molecule has 5 nitrogen and oxygen atoms in total. The number of aromatic hydroxyl groups is 1. The molecule has 0 radical (unpaired) electrons. The van der Waals surface area contributed by atoms with E-state index in [1.807, 2.05) is 0 Å². The highest BCUT2D eigenvalue weighted by Crippen LogP contribution is 3.02. The number of anilines is 1. The van der Waals surface area contributed by atoms with Gasteiger partial charge in [-0.05, 0) is 48.0 Å². The number of benzene rings is 2. The van der Waals surface area contributed by atoms with Gasteiger partial charge in [-0.2, -0.15) is 0 Å². The molecule has 28 heavy (non-hydrogen) atoms. The van der Waals surface area contributed by atoms with Gasteiger partial charge in [0.05, 0.1) is 0 Å². The standard InChI is InChI=1S/C17H14F5NO4S/c1-11(24)27-16-8-2-12(10-15(16)25)3-9-17(26)23-13-4-6-14(7-5-13)28(18,19,20,21)22/h2-10,25H,1H3,(H,23,26)/b9-3+. The van der Waals surface area contributed by atoms with Crippen LogP contribution in [-0.2, 0) is 9.59 Å². The Hall–Kier alpha value is -3.08. The predicted molar refractivity (Wildman–Crippen MR) is 94.9 cm³/mol. The molecule has 2 N–H and O–H groups in total. The van der Waals surface area contributed by atoms with E-state index in [-0.39, 0.29) is 29.3 Å². The predicted octanol–water partition coefficient (Wildman–Crippen LogP) is 5.63. The first-order valence-corrected chi connectivity index (χ1v) is 9.44. The first kappa shape index (κ1) is 21.2. The van der Waals surface area contributed by atoms with Gasteiger partial charge in [0.2, 0.25) is 5.91 Å². The van der Waals surface area contributed by atoms with Crippen LogP contribution in [0.4, 0.5) is 25.1 Å². The number of carbonyl (C=O) groups is 2. The lowest BCUT2D eigenvalue weighted by Gasteiger charge is -2.40. The van der Waals surface area contributed by atoms with Crippen LogP contribution < -0.4 is 10.1 Å². The van der Waals surface area contributed by atoms with Crippen LogP contribution in [0.1, 0.15) is 12.5 Å². The fourth-order valence-corrected chi connectivity index (χ4v) is 2.68. The zero-order valence-electron chi connectivity index (χ0n) is 14.2. The Morgan fingerprint density at radius 3 is 2.14 bits per heavy atom. The zero-order chi connectivity index (χ0) is 21.2. The Labute approximate surface area is 156 Å². The van der Waals surface area contributed by atoms with Crippen LogP contribution in [0.2, 0.25) is 0 Å². The minimum absolute atomic E-state index is 0.0712. The van der Waals surface area contributed by atoms with Crippen LogP contribution in [0.15, 0.2) is 53.4 Å². The second-order valence-corrected chi connectivity index (χ2v) is 8.05. The van der Waals surface area contributed by atoms with E-state index in [1.54, 1.807) is 0 Å². The third-order valence-corrected chi connectivity index (χ3v) is 4.39. The number of ether oxygens (including phenoxy) is 1. The van der Waals surface area contributed by atoms with Crippen molar-refractivity contribution in [3.63, 3.8) is 0 Å². The quantitative estimate of drug-likeness (QED) is 0.283. The Balaban J connectivity index is 2.06. The van der Waals surface area contributed by atoms with Crippen molar-refractivity contribution in [3.8, 4) is 11.5 Å². The third-order valence-electron chi connectivity index (χ3n) is 3.23. The van der Waals surface area contributed by atoms with E-state index in [4.69, 9.17) is 4.74 Å². The summed E-state index contributed by atoms with van der Waals surface area (Å²) in [6.45, 7) is 1.15. The molecule has 0 saturated heterocycles. The molecule has 0 aromatic heterocycles. The Bertz CT molecular complexity index is 957. The fraction of sp³-hybridized carbons (Fsp3) is 0.0588. The van der Waals surface area contributed by atoms with Gasteiger partial charge in [0.25, 0.3) is 0 Å². The first-order chi connectivity index (χ1) is 12.6. The van der Waals surface area contributed by atoms with Crippen molar-refractivity contribution in [2.45, 2.75) is 11.8 Å². The number of hydrogen-bond acceptors (Lipinski definition) is 4. The lowest BCUT2D eigenvalue weighted by Crippen LogP contribution is -2.09. The van der Waals surface area contributed by atoms with Crippen molar-refractivity contribution in [2.24, 2.45) is 0 Å². The number of carbonyl (C=O) groups excluding carboxylic acids is 2. The highest BCUT2D eigenvalue weighted by Gasteiger charge is 2.65. The highest BCUT2D eigenvalue weighted by molar-refractivity contribution is 8.45. The van der Waals surface area contributed by atoms with Crippen molar-refractivity contribution >= 4 is 33.9 Å². The number of rotatable bonds is 5. The summed E-state index contributed by atoms with van der Waals surface area (Å²) in [7, 11) is -9.76. The highest BCUT2D eigenvalue weighted by atomic mass is 32.5. The van der Waals surface area contributed by atoms with Gasteiger partial charge in [-0.25, -0.2) is 0 Å². The van der Waals surface area contributed by atoms with E-state index in [0.717, 1.165) is 13.0 Å². The van der Waals surface area contributed by atoms with Gasteiger partial charge in [-0.3, -0.25) is 9.59 Å². The summed E-state index contributed by atoms with van der Waals surface area (Å²) in [5, 5.41) is 11.9. The fourth-order valence-electron chi connectivity index (χ4n) is 2.03. The van der Waals surface area contributed by atoms with E-state index >= 15 is 0 Å². The number of phenolic OH excluding ortho intramolecular Hbond substituents is 1. The van der Waals surface area contributed by atoms with Crippen LogP contribution in [0.5, 0.6) is 11.5 Å². The van der Waals surface area contributed by atoms with Crippen LogP contribution in [-0.4, -0.2) is 17.0 Å². The lowest BCUT2D eigenvalue weighted by molar-refractivity contribution is -0.132. The van der Waals surface area contributed by atoms with Gasteiger partial charge < -0.3 is 15.2 Å². The molecule has 0 spiro atoms. The second-order valence-electron chi connectivity index (χ2n) is 5.64. The lowest BCUT2D eigenvalue weighted by atomic mass is 10.2. The van der Waals surface area contributed by atoms with Gasteiger partial charge in [0.1, 0.15) is 4.90 Å². The molecule has 0 bridgehead atoms. The molecular weight excluding hydrogens is 409 g/mol. The SMILES string of the molecule is CC(=O)Oc1ccc(/C=C/C(=O)Nc2ccc(S(F)(F)(F)(F)F)cc2)cc1O. The van der Waals surface area contributed by atoms with E-state index in [9.17, 15) is 34.1 Å². The van der Waals surface area contributed by atoms with Crippen molar-refractivity contribution in [1.29, 1.82) is 0 Å². The minimum atomic E-state index is -9.76. The van der Waals surface area contributed by atoms with Gasteiger partial charge in [0.15, 0.2) is 11.5 Å². The molecule has 2 aromatic carbocycles. The minimum Gasteiger partial charge on any atom is -0.504 e. The average Bonchev–Trinajstić information content (AvgIpc) is 2.53. The average molecular weight is 423 g/mol. The van der Waals surface area contributed by atoms with E-state index in [1.165, 1.54) is 24.3 Å². The first-order valence-electron chi connectivity index (χ1n) is 7.49. The Morgan fingerprint density at radius 1 is 1.04 bits per heavy atom. The molecule has 11 heteroatoms. The molecule has 152 valence electrons. The number of halogens is 5. The smallest absolute Gasteiger partial charge is 0.310 e. The van der Waals surface area contributed by atoms with Crippen LogP contribution in [0.25, 0.3) is 6.08 Å². The van der Waals surface area contributed by atoms with Gasteiger partial charge >= 0.3 is 16.2 Å². The second kappa shape index (κ2) is 6.51. The summed E-state index contributed by atoms with van der Waals surface area (Å²) >= 11 is 0. The van der Waals surface area contributed by atoms with Gasteiger partial charge in [0, 0.05) is 18.7 Å². The molecule has 0 heterocycles. The van der Waals surface area contributed by atoms with E-state index in [2.05, 4.69) is 5.32 Å². The van der Waals surface area contributed by atoms with E-state index in [0.29, 0.717) is 17.7 Å². The number of amides is 1. The molecule has 0 fully saturated rings. The summed E-state index contributed by atoms with van der Waals surface area (Å²) in [4.78, 5) is 20.6. The molecule has 0 aliphatic heterocycles. The summed E-state index contributed by atoms with van der Waals surface area (Å²) in [5.74, 6) is -1.79. The molecule has 0 unspecified atom stereocenters. The Kier molecular flexibility index (Phi) is 4.94. The van der Waals surface area contributed by atoms with Crippen LogP contribution >= 0.6 is 10.2 Å². The molecule has 0 aliphatic rings. The number of hydrogen-bond donors (Lipinski definition) is 2. The third kappa shape index (κ3) is 5.98. The number of nitrogens with one attached hydrogen (secondary N) is 1. The molecule has 0 atom stereocenters. The summed E-state index contributed by atoms with van der Waals surface area (Å²) in [6.07, 6.45) is 2.29. The zero-order valence-corrected chi connectivity index (χ0v) is 15.0. The molecule has 0 saturated carbocycles. The normalized spacial score (nSPS) is 14.2. The summed E-state index contributed by atoms with van der Waals surface area (Å²) in [5.41, 5.74) is 0.244. The maximum absolute atomic E-state index is 12.6. The molecule has 0 aliphatic carbocycles. The monoisotopic (exact) mass is 423 g/mol. The topological polar surface area (TPSA) is 75.6 Å². The van der Waals surface area contributed by atoms with Crippen molar-refractivity contribution in [1.82, 2.24) is 0 Å². The number of esters is 1. The molecule has 1 amide bonds. The summed E-state index contributed by atoms with van der Waals surface area (Å²) < 4.78 is 67.9. The summed E-state index contributed by atoms with van der Waals surface area (Å²) in [6, 6.07) is 5.74.